The lowest BCUT2D eigenvalue weighted by Crippen LogP contribution is -2.39. The molecule has 1 amide bonds. The van der Waals surface area contributed by atoms with Gasteiger partial charge in [0, 0.05) is 25.0 Å². The number of aromatic nitrogens is 1. The highest BCUT2D eigenvalue weighted by Crippen LogP contribution is 2.26. The minimum atomic E-state index is -0.0212. The molecule has 4 nitrogen and oxygen atoms in total. The second kappa shape index (κ2) is 7.27. The number of carbonyl (C=O) groups is 1. The standard InChI is InChI=1S/C16H25N3O/c1-3-18-15-9-10-17-11-14(15)16(20)19-12(2)13-7-5-4-6-8-13/h9-13H,3-8H2,1-2H3,(H,17,18)(H,19,20). The Labute approximate surface area is 121 Å². The van der Waals surface area contributed by atoms with Gasteiger partial charge >= 0.3 is 0 Å². The van der Waals surface area contributed by atoms with Crippen molar-refractivity contribution in [2.75, 3.05) is 11.9 Å². The van der Waals surface area contributed by atoms with E-state index in [0.29, 0.717) is 11.5 Å². The van der Waals surface area contributed by atoms with Crippen molar-refractivity contribution in [2.24, 2.45) is 5.92 Å². The Morgan fingerprint density at radius 1 is 1.40 bits per heavy atom. The molecule has 1 aliphatic carbocycles. The molecule has 1 saturated carbocycles. The van der Waals surface area contributed by atoms with Crippen LogP contribution in [0.3, 0.4) is 0 Å². The van der Waals surface area contributed by atoms with Gasteiger partial charge in [-0.2, -0.15) is 0 Å². The van der Waals surface area contributed by atoms with E-state index in [4.69, 9.17) is 0 Å². The van der Waals surface area contributed by atoms with Gasteiger partial charge in [0.1, 0.15) is 0 Å². The van der Waals surface area contributed by atoms with Gasteiger partial charge in [0.25, 0.3) is 5.91 Å². The predicted molar refractivity (Wildman–Crippen MR) is 81.9 cm³/mol. The van der Waals surface area contributed by atoms with Crippen LogP contribution in [0.1, 0.15) is 56.3 Å². The molecule has 1 aromatic rings. The van der Waals surface area contributed by atoms with Gasteiger partial charge in [0.15, 0.2) is 0 Å². The van der Waals surface area contributed by atoms with Gasteiger partial charge in [-0.25, -0.2) is 0 Å². The van der Waals surface area contributed by atoms with E-state index < -0.39 is 0 Å². The molecular formula is C16H25N3O. The van der Waals surface area contributed by atoms with E-state index in [1.807, 2.05) is 13.0 Å². The maximum Gasteiger partial charge on any atom is 0.255 e. The van der Waals surface area contributed by atoms with Crippen molar-refractivity contribution in [2.45, 2.75) is 52.0 Å². The molecule has 0 radical (unpaired) electrons. The molecule has 0 saturated heterocycles. The Hall–Kier alpha value is -1.58. The Balaban J connectivity index is 2.00. The molecule has 110 valence electrons. The maximum absolute atomic E-state index is 12.4. The molecule has 4 heteroatoms. The van der Waals surface area contributed by atoms with Crippen LogP contribution in [0.15, 0.2) is 18.5 Å². The van der Waals surface area contributed by atoms with Crippen molar-refractivity contribution in [1.82, 2.24) is 10.3 Å². The highest BCUT2D eigenvalue weighted by Gasteiger charge is 2.22. The summed E-state index contributed by atoms with van der Waals surface area (Å²) in [6.07, 6.45) is 9.73. The normalized spacial score (nSPS) is 17.5. The van der Waals surface area contributed by atoms with Crippen molar-refractivity contribution in [3.05, 3.63) is 24.0 Å². The van der Waals surface area contributed by atoms with Gasteiger partial charge in [0.2, 0.25) is 0 Å². The van der Waals surface area contributed by atoms with Crippen LogP contribution in [0, 0.1) is 5.92 Å². The number of nitrogens with one attached hydrogen (secondary N) is 2. The summed E-state index contributed by atoms with van der Waals surface area (Å²) in [5, 5.41) is 6.35. The number of pyridine rings is 1. The first-order valence-electron chi connectivity index (χ1n) is 7.71. The summed E-state index contributed by atoms with van der Waals surface area (Å²) in [5.74, 6) is 0.596. The van der Waals surface area contributed by atoms with Gasteiger partial charge in [-0.15, -0.1) is 0 Å². The number of hydrogen-bond acceptors (Lipinski definition) is 3. The fourth-order valence-electron chi connectivity index (χ4n) is 2.96. The molecule has 0 aliphatic heterocycles. The van der Waals surface area contributed by atoms with E-state index in [9.17, 15) is 4.79 Å². The highest BCUT2D eigenvalue weighted by atomic mass is 16.1. The molecule has 2 rings (SSSR count). The third kappa shape index (κ3) is 3.71. The number of amides is 1. The van der Waals surface area contributed by atoms with E-state index in [0.717, 1.165) is 12.2 Å². The molecular weight excluding hydrogens is 250 g/mol. The third-order valence-electron chi connectivity index (χ3n) is 4.15. The van der Waals surface area contributed by atoms with E-state index in [1.54, 1.807) is 12.4 Å². The van der Waals surface area contributed by atoms with Gasteiger partial charge < -0.3 is 10.6 Å². The van der Waals surface area contributed by atoms with Crippen molar-refractivity contribution in [3.63, 3.8) is 0 Å². The summed E-state index contributed by atoms with van der Waals surface area (Å²) in [6.45, 7) is 4.94. The molecule has 2 N–H and O–H groups in total. The second-order valence-electron chi connectivity index (χ2n) is 5.61. The summed E-state index contributed by atoms with van der Waals surface area (Å²) in [5.41, 5.74) is 1.49. The monoisotopic (exact) mass is 275 g/mol. The van der Waals surface area contributed by atoms with Crippen molar-refractivity contribution >= 4 is 11.6 Å². The highest BCUT2D eigenvalue weighted by molar-refractivity contribution is 5.99. The lowest BCUT2D eigenvalue weighted by atomic mass is 9.84. The summed E-state index contributed by atoms with van der Waals surface area (Å²) in [6, 6.07) is 2.08. The largest absolute Gasteiger partial charge is 0.385 e. The first-order valence-corrected chi connectivity index (χ1v) is 7.71. The molecule has 0 aromatic carbocycles. The van der Waals surface area contributed by atoms with Gasteiger partial charge in [-0.1, -0.05) is 19.3 Å². The minimum Gasteiger partial charge on any atom is -0.385 e. The molecule has 1 atom stereocenters. The number of nitrogens with zero attached hydrogens (tertiary/aromatic N) is 1. The van der Waals surface area contributed by atoms with E-state index >= 15 is 0 Å². The summed E-state index contributed by atoms with van der Waals surface area (Å²) >= 11 is 0. The smallest absolute Gasteiger partial charge is 0.255 e. The Kier molecular flexibility index (Phi) is 5.39. The maximum atomic E-state index is 12.4. The second-order valence-corrected chi connectivity index (χ2v) is 5.61. The minimum absolute atomic E-state index is 0.0212. The van der Waals surface area contributed by atoms with Crippen LogP contribution < -0.4 is 10.6 Å². The third-order valence-corrected chi connectivity index (χ3v) is 4.15. The molecule has 1 unspecified atom stereocenters. The van der Waals surface area contributed by atoms with Crippen LogP contribution in [-0.4, -0.2) is 23.5 Å². The lowest BCUT2D eigenvalue weighted by Gasteiger charge is -2.28. The van der Waals surface area contributed by atoms with E-state index in [-0.39, 0.29) is 11.9 Å². The molecule has 0 bridgehead atoms. The Bertz CT molecular complexity index is 441. The predicted octanol–water partition coefficient (Wildman–Crippen LogP) is 3.21. The van der Waals surface area contributed by atoms with E-state index in [2.05, 4.69) is 22.5 Å². The van der Waals surface area contributed by atoms with Crippen molar-refractivity contribution < 1.29 is 4.79 Å². The SMILES string of the molecule is CCNc1ccncc1C(=O)NC(C)C1CCCCC1. The van der Waals surface area contributed by atoms with Crippen LogP contribution >= 0.6 is 0 Å². The van der Waals surface area contributed by atoms with Gasteiger partial charge in [0.05, 0.1) is 11.3 Å². The Morgan fingerprint density at radius 3 is 2.85 bits per heavy atom. The summed E-state index contributed by atoms with van der Waals surface area (Å²) in [7, 11) is 0. The Morgan fingerprint density at radius 2 is 2.15 bits per heavy atom. The van der Waals surface area contributed by atoms with Gasteiger partial charge in [-0.3, -0.25) is 9.78 Å². The molecule has 1 aliphatic rings. The molecule has 20 heavy (non-hydrogen) atoms. The fourth-order valence-corrected chi connectivity index (χ4v) is 2.96. The van der Waals surface area contributed by atoms with Crippen LogP contribution in [0.4, 0.5) is 5.69 Å². The fraction of sp³-hybridized carbons (Fsp3) is 0.625. The van der Waals surface area contributed by atoms with Crippen LogP contribution in [-0.2, 0) is 0 Å². The quantitative estimate of drug-likeness (QED) is 0.867. The average molecular weight is 275 g/mol. The first-order chi connectivity index (χ1) is 9.72. The molecule has 1 fully saturated rings. The van der Waals surface area contributed by atoms with Gasteiger partial charge in [-0.05, 0) is 38.7 Å². The summed E-state index contributed by atoms with van der Waals surface area (Å²) in [4.78, 5) is 16.5. The van der Waals surface area contributed by atoms with Crippen LogP contribution in [0.2, 0.25) is 0 Å². The summed E-state index contributed by atoms with van der Waals surface area (Å²) < 4.78 is 0. The van der Waals surface area contributed by atoms with Crippen molar-refractivity contribution in [3.8, 4) is 0 Å². The number of hydrogen-bond donors (Lipinski definition) is 2. The molecule has 1 aromatic heterocycles. The van der Waals surface area contributed by atoms with E-state index in [1.165, 1.54) is 32.1 Å². The van der Waals surface area contributed by atoms with Crippen LogP contribution in [0.5, 0.6) is 0 Å². The molecule has 0 spiro atoms. The lowest BCUT2D eigenvalue weighted by molar-refractivity contribution is 0.0920. The zero-order valence-electron chi connectivity index (χ0n) is 12.5. The first kappa shape index (κ1) is 14.8. The van der Waals surface area contributed by atoms with Crippen LogP contribution in [0.25, 0.3) is 0 Å². The molecule has 1 heterocycles. The number of anilines is 1. The number of rotatable bonds is 5. The zero-order valence-corrected chi connectivity index (χ0v) is 12.5. The zero-order chi connectivity index (χ0) is 14.4. The topological polar surface area (TPSA) is 54.0 Å². The number of carbonyl (C=O) groups excluding carboxylic acids is 1. The van der Waals surface area contributed by atoms with Crippen molar-refractivity contribution in [1.29, 1.82) is 0 Å². The average Bonchev–Trinajstić information content (AvgIpc) is 2.49.